The molecule has 0 radical (unpaired) electrons. The number of allylic oxidation sites excluding steroid dienone is 4. The van der Waals surface area contributed by atoms with Gasteiger partial charge in [-0.05, 0) is 29.3 Å². The van der Waals surface area contributed by atoms with Crippen molar-refractivity contribution in [2.75, 3.05) is 0 Å². The molecule has 0 fully saturated rings. The number of rotatable bonds is 3. The zero-order valence-electron chi connectivity index (χ0n) is 10.9. The zero-order valence-corrected chi connectivity index (χ0v) is 12.5. The summed E-state index contributed by atoms with van der Waals surface area (Å²) in [6.45, 7) is 7.71. The average Bonchev–Trinajstić information content (AvgIpc) is 2.82. The van der Waals surface area contributed by atoms with Crippen molar-refractivity contribution in [3.63, 3.8) is 0 Å². The highest BCUT2D eigenvalue weighted by Gasteiger charge is 2.09. The monoisotopic (exact) mass is 324 g/mol. The van der Waals surface area contributed by atoms with Crippen molar-refractivity contribution in [2.45, 2.75) is 0 Å². The number of halogens is 1. The highest BCUT2D eigenvalue weighted by molar-refractivity contribution is 9.12. The van der Waals surface area contributed by atoms with Gasteiger partial charge in [0.15, 0.2) is 0 Å². The van der Waals surface area contributed by atoms with E-state index in [1.165, 1.54) is 0 Å². The molecule has 0 aliphatic rings. The van der Waals surface area contributed by atoms with Crippen LogP contribution in [0, 0.1) is 0 Å². The zero-order chi connectivity index (χ0) is 14.1. The molecule has 98 valence electrons. The Labute approximate surface area is 126 Å². The van der Waals surface area contributed by atoms with Crippen LogP contribution in [0.3, 0.4) is 0 Å². The van der Waals surface area contributed by atoms with Crippen LogP contribution in [0.5, 0.6) is 0 Å². The molecule has 1 heterocycles. The lowest BCUT2D eigenvalue weighted by Crippen LogP contribution is -1.83. The highest BCUT2D eigenvalue weighted by atomic mass is 79.9. The van der Waals surface area contributed by atoms with Crippen LogP contribution in [-0.2, 0) is 0 Å². The summed E-state index contributed by atoms with van der Waals surface area (Å²) in [5.41, 5.74) is 3.91. The lowest BCUT2D eigenvalue weighted by atomic mass is 10.0. The van der Waals surface area contributed by atoms with Crippen molar-refractivity contribution in [2.24, 2.45) is 0 Å². The van der Waals surface area contributed by atoms with E-state index in [2.05, 4.69) is 41.2 Å². The van der Waals surface area contributed by atoms with E-state index in [1.807, 2.05) is 36.4 Å². The summed E-state index contributed by atoms with van der Waals surface area (Å²) in [6, 6.07) is 14.2. The van der Waals surface area contributed by atoms with Gasteiger partial charge in [-0.15, -0.1) is 0 Å². The van der Waals surface area contributed by atoms with Crippen LogP contribution in [0.25, 0.3) is 27.5 Å². The van der Waals surface area contributed by atoms with Crippen molar-refractivity contribution >= 4 is 43.4 Å². The molecule has 1 nitrogen and oxygen atoms in total. The Balaban J connectivity index is 2.29. The van der Waals surface area contributed by atoms with E-state index in [4.69, 9.17) is 4.42 Å². The Morgan fingerprint density at radius 2 is 1.80 bits per heavy atom. The van der Waals surface area contributed by atoms with E-state index in [1.54, 1.807) is 6.08 Å². The standard InChI is InChI=1S/C18H13BrO/c1-3-6-14(12(2)19)13-9-10-18-16(11-13)15-7-4-5-8-17(15)20-18/h3-11H,1-2H2/b14-6+. The van der Waals surface area contributed by atoms with Crippen LogP contribution in [-0.4, -0.2) is 0 Å². The van der Waals surface area contributed by atoms with E-state index in [0.717, 1.165) is 37.6 Å². The molecule has 3 rings (SSSR count). The molecule has 2 heteroatoms. The third kappa shape index (κ3) is 2.12. The predicted molar refractivity (Wildman–Crippen MR) is 90.0 cm³/mol. The maximum absolute atomic E-state index is 5.83. The van der Waals surface area contributed by atoms with Gasteiger partial charge in [-0.1, -0.05) is 65.5 Å². The smallest absolute Gasteiger partial charge is 0.135 e. The first-order valence-electron chi connectivity index (χ1n) is 6.30. The van der Waals surface area contributed by atoms with Crippen molar-refractivity contribution in [1.82, 2.24) is 0 Å². The minimum Gasteiger partial charge on any atom is -0.456 e. The fraction of sp³-hybridized carbons (Fsp3) is 0. The van der Waals surface area contributed by atoms with E-state index >= 15 is 0 Å². The second-order valence-electron chi connectivity index (χ2n) is 4.53. The predicted octanol–water partition coefficient (Wildman–Crippen LogP) is 6.06. The van der Waals surface area contributed by atoms with Gasteiger partial charge < -0.3 is 4.42 Å². The van der Waals surface area contributed by atoms with Crippen LogP contribution in [0.4, 0.5) is 0 Å². The molecular formula is C18H13BrO. The topological polar surface area (TPSA) is 13.1 Å². The van der Waals surface area contributed by atoms with Crippen molar-refractivity contribution in [1.29, 1.82) is 0 Å². The van der Waals surface area contributed by atoms with Gasteiger partial charge in [0.2, 0.25) is 0 Å². The third-order valence-electron chi connectivity index (χ3n) is 3.26. The van der Waals surface area contributed by atoms with Gasteiger partial charge in [0.25, 0.3) is 0 Å². The number of furan rings is 1. The largest absolute Gasteiger partial charge is 0.456 e. The number of para-hydroxylation sites is 1. The van der Waals surface area contributed by atoms with E-state index in [0.29, 0.717) is 0 Å². The summed E-state index contributed by atoms with van der Waals surface area (Å²) >= 11 is 3.45. The second kappa shape index (κ2) is 5.14. The summed E-state index contributed by atoms with van der Waals surface area (Å²) in [6.07, 6.45) is 3.71. The van der Waals surface area contributed by atoms with Crippen LogP contribution < -0.4 is 0 Å². The Morgan fingerprint density at radius 3 is 2.55 bits per heavy atom. The normalized spacial score (nSPS) is 11.9. The molecule has 0 amide bonds. The van der Waals surface area contributed by atoms with Crippen LogP contribution in [0.1, 0.15) is 5.56 Å². The average molecular weight is 325 g/mol. The summed E-state index contributed by atoms with van der Waals surface area (Å²) in [7, 11) is 0. The van der Waals surface area contributed by atoms with E-state index in [-0.39, 0.29) is 0 Å². The molecule has 0 saturated carbocycles. The summed E-state index contributed by atoms with van der Waals surface area (Å²) in [5, 5.41) is 2.24. The number of benzene rings is 2. The van der Waals surface area contributed by atoms with Gasteiger partial charge in [-0.25, -0.2) is 0 Å². The van der Waals surface area contributed by atoms with Gasteiger partial charge in [0, 0.05) is 15.3 Å². The van der Waals surface area contributed by atoms with Crippen LogP contribution >= 0.6 is 15.9 Å². The Morgan fingerprint density at radius 1 is 1.05 bits per heavy atom. The van der Waals surface area contributed by atoms with Crippen LogP contribution in [0.2, 0.25) is 0 Å². The third-order valence-corrected chi connectivity index (χ3v) is 3.69. The van der Waals surface area contributed by atoms with Crippen molar-refractivity contribution in [3.8, 4) is 0 Å². The van der Waals surface area contributed by atoms with Gasteiger partial charge in [-0.3, -0.25) is 0 Å². The van der Waals surface area contributed by atoms with Gasteiger partial charge >= 0.3 is 0 Å². The van der Waals surface area contributed by atoms with E-state index < -0.39 is 0 Å². The molecule has 0 aliphatic heterocycles. The Hall–Kier alpha value is -2.06. The van der Waals surface area contributed by atoms with Gasteiger partial charge in [0.05, 0.1) is 0 Å². The molecule has 2 aromatic carbocycles. The number of hydrogen-bond donors (Lipinski definition) is 0. The molecule has 0 spiro atoms. The van der Waals surface area contributed by atoms with Gasteiger partial charge in [-0.2, -0.15) is 0 Å². The van der Waals surface area contributed by atoms with E-state index in [9.17, 15) is 0 Å². The minimum atomic E-state index is 0.838. The first kappa shape index (κ1) is 12.9. The maximum atomic E-state index is 5.83. The summed E-state index contributed by atoms with van der Waals surface area (Å²) < 4.78 is 6.67. The molecule has 0 saturated heterocycles. The highest BCUT2D eigenvalue weighted by Crippen LogP contribution is 2.33. The lowest BCUT2D eigenvalue weighted by molar-refractivity contribution is 0.669. The lowest BCUT2D eigenvalue weighted by Gasteiger charge is -2.05. The molecule has 20 heavy (non-hydrogen) atoms. The summed E-state index contributed by atoms with van der Waals surface area (Å²) in [4.78, 5) is 0. The van der Waals surface area contributed by atoms with Crippen molar-refractivity contribution in [3.05, 3.63) is 77.8 Å². The van der Waals surface area contributed by atoms with Crippen LogP contribution in [0.15, 0.2) is 76.7 Å². The molecule has 3 aromatic rings. The molecule has 0 unspecified atom stereocenters. The van der Waals surface area contributed by atoms with Crippen molar-refractivity contribution < 1.29 is 4.42 Å². The molecule has 0 N–H and O–H groups in total. The number of hydrogen-bond acceptors (Lipinski definition) is 1. The number of fused-ring (bicyclic) bond motifs is 3. The first-order chi connectivity index (χ1) is 9.70. The first-order valence-corrected chi connectivity index (χ1v) is 7.09. The SMILES string of the molecule is C=C/C=C(\C(=C)Br)c1ccc2oc3ccccc3c2c1. The summed E-state index contributed by atoms with van der Waals surface area (Å²) in [5.74, 6) is 0. The quantitative estimate of drug-likeness (QED) is 0.533. The molecule has 0 aliphatic carbocycles. The van der Waals surface area contributed by atoms with Gasteiger partial charge in [0.1, 0.15) is 11.2 Å². The Bertz CT molecular complexity index is 852. The fourth-order valence-corrected chi connectivity index (χ4v) is 2.72. The molecular weight excluding hydrogens is 312 g/mol. The Kier molecular flexibility index (Phi) is 3.33. The fourth-order valence-electron chi connectivity index (χ4n) is 2.35. The second-order valence-corrected chi connectivity index (χ2v) is 5.49. The maximum Gasteiger partial charge on any atom is 0.135 e. The molecule has 0 bridgehead atoms. The molecule has 0 atom stereocenters. The molecule has 1 aromatic heterocycles. The minimum absolute atomic E-state index is 0.838.